The van der Waals surface area contributed by atoms with Crippen LogP contribution in [0.5, 0.6) is 11.5 Å². The molecule has 0 atom stereocenters. The minimum Gasteiger partial charge on any atom is -0.490 e. The van der Waals surface area contributed by atoms with Crippen molar-refractivity contribution in [2.24, 2.45) is 0 Å². The highest BCUT2D eigenvalue weighted by Gasteiger charge is 2.14. The number of nitrogens with one attached hydrogen (secondary N) is 1. The first-order chi connectivity index (χ1) is 11.7. The van der Waals surface area contributed by atoms with Crippen molar-refractivity contribution >= 4 is 11.6 Å². The Labute approximate surface area is 146 Å². The minimum absolute atomic E-state index is 0.240. The van der Waals surface area contributed by atoms with E-state index in [0.717, 1.165) is 37.4 Å². The number of ether oxygens (including phenoxy) is 2. The average Bonchev–Trinajstić information content (AvgIpc) is 2.62. The van der Waals surface area contributed by atoms with Crippen LogP contribution in [-0.2, 0) is 6.61 Å². The number of benzene rings is 1. The van der Waals surface area contributed by atoms with E-state index in [9.17, 15) is 0 Å². The largest absolute Gasteiger partial charge is 0.490 e. The van der Waals surface area contributed by atoms with Gasteiger partial charge in [0.2, 0.25) is 0 Å². The lowest BCUT2D eigenvalue weighted by Gasteiger charge is -2.23. The van der Waals surface area contributed by atoms with Gasteiger partial charge in [0.05, 0.1) is 11.3 Å². The van der Waals surface area contributed by atoms with Gasteiger partial charge in [0.25, 0.3) is 0 Å². The van der Waals surface area contributed by atoms with Gasteiger partial charge in [0.1, 0.15) is 30.3 Å². The lowest BCUT2D eigenvalue weighted by atomic mass is 10.1. The molecule has 0 amide bonds. The van der Waals surface area contributed by atoms with Crippen molar-refractivity contribution in [1.82, 2.24) is 10.3 Å². The van der Waals surface area contributed by atoms with Crippen molar-refractivity contribution in [3.05, 3.63) is 52.8 Å². The van der Waals surface area contributed by atoms with Crippen molar-refractivity contribution in [1.29, 1.82) is 5.26 Å². The summed E-state index contributed by atoms with van der Waals surface area (Å²) < 4.78 is 11.7. The number of nitriles is 1. The van der Waals surface area contributed by atoms with E-state index in [1.165, 1.54) is 0 Å². The molecule has 1 aromatic heterocycles. The van der Waals surface area contributed by atoms with Gasteiger partial charge in [-0.15, -0.1) is 0 Å². The summed E-state index contributed by atoms with van der Waals surface area (Å²) in [6.07, 6.45) is 3.96. The first-order valence-electron chi connectivity index (χ1n) is 7.89. The summed E-state index contributed by atoms with van der Waals surface area (Å²) in [5.41, 5.74) is 1.16. The number of rotatable bonds is 5. The highest BCUT2D eigenvalue weighted by molar-refractivity contribution is 6.30. The number of halogens is 1. The van der Waals surface area contributed by atoms with Gasteiger partial charge in [-0.3, -0.25) is 4.98 Å². The molecule has 0 aliphatic carbocycles. The third-order valence-corrected chi connectivity index (χ3v) is 4.05. The van der Waals surface area contributed by atoms with Crippen molar-refractivity contribution in [3.63, 3.8) is 0 Å². The molecular formula is C18H18ClN3O2. The molecule has 1 aliphatic heterocycles. The molecule has 2 heterocycles. The Bertz CT molecular complexity index is 739. The van der Waals surface area contributed by atoms with Crippen LogP contribution in [-0.4, -0.2) is 24.2 Å². The Morgan fingerprint density at radius 2 is 2.08 bits per heavy atom. The van der Waals surface area contributed by atoms with E-state index >= 15 is 0 Å². The monoisotopic (exact) mass is 343 g/mol. The fourth-order valence-corrected chi connectivity index (χ4v) is 2.75. The summed E-state index contributed by atoms with van der Waals surface area (Å²) in [7, 11) is 0. The summed E-state index contributed by atoms with van der Waals surface area (Å²) in [6.45, 7) is 2.23. The maximum atomic E-state index is 9.14. The first kappa shape index (κ1) is 16.6. The summed E-state index contributed by atoms with van der Waals surface area (Å²) >= 11 is 5.89. The molecule has 0 saturated carbocycles. The lowest BCUT2D eigenvalue weighted by Crippen LogP contribution is -2.34. The fourth-order valence-electron chi connectivity index (χ4n) is 2.58. The van der Waals surface area contributed by atoms with Gasteiger partial charge in [0, 0.05) is 17.3 Å². The van der Waals surface area contributed by atoms with E-state index in [1.807, 2.05) is 12.1 Å². The van der Waals surface area contributed by atoms with Crippen LogP contribution in [0, 0.1) is 11.3 Å². The van der Waals surface area contributed by atoms with Crippen LogP contribution in [0.3, 0.4) is 0 Å². The molecule has 0 spiro atoms. The normalized spacial score (nSPS) is 14.8. The third kappa shape index (κ3) is 4.38. The smallest absolute Gasteiger partial charge is 0.137 e. The molecule has 0 bridgehead atoms. The number of nitrogens with zero attached hydrogens (tertiary/aromatic N) is 2. The van der Waals surface area contributed by atoms with Gasteiger partial charge in [-0.1, -0.05) is 11.6 Å². The van der Waals surface area contributed by atoms with Crippen LogP contribution < -0.4 is 14.8 Å². The van der Waals surface area contributed by atoms with E-state index in [1.54, 1.807) is 24.4 Å². The van der Waals surface area contributed by atoms with E-state index in [2.05, 4.69) is 16.4 Å². The molecule has 1 aliphatic rings. The maximum absolute atomic E-state index is 9.14. The van der Waals surface area contributed by atoms with Gasteiger partial charge in [-0.05, 0) is 50.2 Å². The minimum atomic E-state index is 0.240. The van der Waals surface area contributed by atoms with Crippen LogP contribution in [0.15, 0.2) is 36.5 Å². The Balaban J connectivity index is 1.63. The first-order valence-corrected chi connectivity index (χ1v) is 8.27. The summed E-state index contributed by atoms with van der Waals surface area (Å²) in [6, 6.07) is 10.8. The molecule has 1 N–H and O–H groups in total. The predicted molar refractivity (Wildman–Crippen MR) is 91.3 cm³/mol. The SMILES string of the molecule is N#Cc1cc(Cl)ccc1OCc1cc(OC2CCNCC2)ccn1. The number of pyridine rings is 1. The number of hydrogen-bond acceptors (Lipinski definition) is 5. The Morgan fingerprint density at radius 1 is 1.25 bits per heavy atom. The maximum Gasteiger partial charge on any atom is 0.137 e. The fraction of sp³-hybridized carbons (Fsp3) is 0.333. The van der Waals surface area contributed by atoms with Gasteiger partial charge in [-0.2, -0.15) is 5.26 Å². The Kier molecular flexibility index (Phi) is 5.52. The van der Waals surface area contributed by atoms with Crippen molar-refractivity contribution in [2.75, 3.05) is 13.1 Å². The van der Waals surface area contributed by atoms with Gasteiger partial charge in [0.15, 0.2) is 0 Å². The highest BCUT2D eigenvalue weighted by atomic mass is 35.5. The quantitative estimate of drug-likeness (QED) is 0.902. The molecule has 0 radical (unpaired) electrons. The van der Waals surface area contributed by atoms with E-state index in [0.29, 0.717) is 16.3 Å². The van der Waals surface area contributed by atoms with Crippen molar-refractivity contribution in [3.8, 4) is 17.6 Å². The standard InChI is InChI=1S/C18H18ClN3O2/c19-14-1-2-18(13(9-14)11-20)23-12-15-10-17(5-8-22-15)24-16-3-6-21-7-4-16/h1-2,5,8-10,16,21H,3-4,6-7,12H2. The average molecular weight is 344 g/mol. The zero-order valence-electron chi connectivity index (χ0n) is 13.2. The second-order valence-electron chi connectivity index (χ2n) is 5.59. The molecule has 124 valence electrons. The summed E-state index contributed by atoms with van der Waals surface area (Å²) in [4.78, 5) is 4.29. The van der Waals surface area contributed by atoms with Gasteiger partial charge in [-0.25, -0.2) is 0 Å². The zero-order valence-corrected chi connectivity index (χ0v) is 13.9. The molecular weight excluding hydrogens is 326 g/mol. The van der Waals surface area contributed by atoms with Crippen LogP contribution in [0.1, 0.15) is 24.1 Å². The predicted octanol–water partition coefficient (Wildman–Crippen LogP) is 3.32. The molecule has 24 heavy (non-hydrogen) atoms. The van der Waals surface area contributed by atoms with Crippen LogP contribution in [0.4, 0.5) is 0 Å². The molecule has 1 aromatic carbocycles. The van der Waals surface area contributed by atoms with Crippen molar-refractivity contribution < 1.29 is 9.47 Å². The third-order valence-electron chi connectivity index (χ3n) is 3.81. The van der Waals surface area contributed by atoms with Gasteiger partial charge < -0.3 is 14.8 Å². The lowest BCUT2D eigenvalue weighted by molar-refractivity contribution is 0.162. The highest BCUT2D eigenvalue weighted by Crippen LogP contribution is 2.23. The van der Waals surface area contributed by atoms with E-state index < -0.39 is 0 Å². The molecule has 5 nitrogen and oxygen atoms in total. The topological polar surface area (TPSA) is 67.2 Å². The van der Waals surface area contributed by atoms with Crippen LogP contribution >= 0.6 is 11.6 Å². The van der Waals surface area contributed by atoms with Crippen molar-refractivity contribution in [2.45, 2.75) is 25.6 Å². The number of piperidine rings is 1. The zero-order chi connectivity index (χ0) is 16.8. The molecule has 6 heteroatoms. The molecule has 3 rings (SSSR count). The Morgan fingerprint density at radius 3 is 2.88 bits per heavy atom. The second kappa shape index (κ2) is 8.00. The second-order valence-corrected chi connectivity index (χ2v) is 6.03. The molecule has 0 unspecified atom stereocenters. The summed E-state index contributed by atoms with van der Waals surface area (Å²) in [5.74, 6) is 1.29. The van der Waals surface area contributed by atoms with E-state index in [4.69, 9.17) is 26.3 Å². The van der Waals surface area contributed by atoms with Gasteiger partial charge >= 0.3 is 0 Å². The Hall–Kier alpha value is -2.29. The van der Waals surface area contributed by atoms with Crippen LogP contribution in [0.2, 0.25) is 5.02 Å². The molecule has 1 saturated heterocycles. The van der Waals surface area contributed by atoms with E-state index in [-0.39, 0.29) is 12.7 Å². The molecule has 1 fully saturated rings. The van der Waals surface area contributed by atoms with Crippen LogP contribution in [0.25, 0.3) is 0 Å². The number of aromatic nitrogens is 1. The summed E-state index contributed by atoms with van der Waals surface area (Å²) in [5, 5.41) is 13.0. The molecule has 2 aromatic rings. The number of hydrogen-bond donors (Lipinski definition) is 1.